The van der Waals surface area contributed by atoms with Crippen LogP contribution in [0.5, 0.6) is 0 Å². The van der Waals surface area contributed by atoms with E-state index in [0.29, 0.717) is 36.1 Å². The summed E-state index contributed by atoms with van der Waals surface area (Å²) in [7, 11) is 0. The summed E-state index contributed by atoms with van der Waals surface area (Å²) in [4.78, 5) is 52.6. The highest BCUT2D eigenvalue weighted by Gasteiger charge is 2.50. The van der Waals surface area contributed by atoms with Gasteiger partial charge in [-0.05, 0) is 109 Å². The molecule has 2 aliphatic rings. The minimum atomic E-state index is 0.000990. The second kappa shape index (κ2) is 44.2. The highest BCUT2D eigenvalue weighted by atomic mass is 79.9. The van der Waals surface area contributed by atoms with Crippen LogP contribution >= 0.6 is 61.3 Å². The summed E-state index contributed by atoms with van der Waals surface area (Å²) >= 11 is 11.0. The van der Waals surface area contributed by atoms with Gasteiger partial charge in [-0.25, -0.2) is 9.97 Å². The minimum absolute atomic E-state index is 0.000990. The van der Waals surface area contributed by atoms with Gasteiger partial charge in [0.1, 0.15) is 10.0 Å². The van der Waals surface area contributed by atoms with Crippen molar-refractivity contribution >= 4 is 84.5 Å². The first-order chi connectivity index (χ1) is 43.2. The summed E-state index contributed by atoms with van der Waals surface area (Å²) < 4.78 is 1.20. The van der Waals surface area contributed by atoms with Crippen LogP contribution in [0.15, 0.2) is 39.5 Å². The molecule has 2 aliphatic heterocycles. The number of aromatic nitrogens is 2. The van der Waals surface area contributed by atoms with E-state index < -0.39 is 0 Å². The average Bonchev–Trinajstić information content (AvgIpc) is 1.58. The zero-order chi connectivity index (χ0) is 62.6. The maximum atomic E-state index is 16.2. The zero-order valence-corrected chi connectivity index (χ0v) is 61.9. The predicted octanol–water partition coefficient (Wildman–Crippen LogP) is 26.5. The number of thiophene rings is 2. The van der Waals surface area contributed by atoms with Gasteiger partial charge in [0, 0.05) is 30.4 Å². The van der Waals surface area contributed by atoms with E-state index in [1.54, 1.807) is 34.0 Å². The lowest BCUT2D eigenvalue weighted by molar-refractivity contribution is -0.124. The van der Waals surface area contributed by atoms with E-state index in [2.05, 4.69) is 86.3 Å². The molecule has 2 unspecified atom stereocenters. The smallest absolute Gasteiger partial charge is 0.261 e. The SMILES string of the molecule is CCCCCCCCCCCCc1cc(-c2ncc(C3=C4C(=O)N(CC(CCCCCC)CCCCCCCC)C(c5cnc(-c6cc(CCCCCCCCCCCC)c(Br)s6)s5)=C4C(=O)N3CC(CCCCCC)CCCCCCCC)s2)sc1C. The molecule has 11 heteroatoms. The van der Waals surface area contributed by atoms with Crippen LogP contribution in [0.2, 0.25) is 0 Å². The Morgan fingerprint density at radius 1 is 0.375 bits per heavy atom. The molecule has 4 aromatic heterocycles. The lowest BCUT2D eigenvalue weighted by Gasteiger charge is -2.29. The van der Waals surface area contributed by atoms with E-state index in [1.165, 1.54) is 282 Å². The molecule has 6 heterocycles. The van der Waals surface area contributed by atoms with Crippen molar-refractivity contribution in [3.63, 3.8) is 0 Å². The molecule has 0 bridgehead atoms. The molecule has 0 saturated heterocycles. The van der Waals surface area contributed by atoms with Crippen LogP contribution in [-0.4, -0.2) is 44.7 Å². The van der Waals surface area contributed by atoms with E-state index in [4.69, 9.17) is 9.97 Å². The number of halogens is 1. The summed E-state index contributed by atoms with van der Waals surface area (Å²) in [6, 6.07) is 4.77. The first kappa shape index (κ1) is 74.6. The largest absolute Gasteiger partial charge is 0.306 e. The monoisotopic (exact) mass is 1340 g/mol. The Morgan fingerprint density at radius 3 is 1.03 bits per heavy atom. The zero-order valence-electron chi connectivity index (χ0n) is 57.0. The summed E-state index contributed by atoms with van der Waals surface area (Å²) in [5.41, 5.74) is 5.65. The van der Waals surface area contributed by atoms with Crippen LogP contribution in [0, 0.1) is 18.8 Å². The fourth-order valence-electron chi connectivity index (χ4n) is 13.7. The molecule has 0 spiro atoms. The van der Waals surface area contributed by atoms with E-state index in [0.717, 1.165) is 74.6 Å². The van der Waals surface area contributed by atoms with Gasteiger partial charge >= 0.3 is 0 Å². The molecule has 0 aliphatic carbocycles. The van der Waals surface area contributed by atoms with Crippen LogP contribution in [0.1, 0.15) is 350 Å². The summed E-state index contributed by atoms with van der Waals surface area (Å²) in [5, 5.41) is 1.96. The summed E-state index contributed by atoms with van der Waals surface area (Å²) in [6.45, 7) is 17.3. The summed E-state index contributed by atoms with van der Waals surface area (Å²) in [5.74, 6) is 0.702. The van der Waals surface area contributed by atoms with Crippen LogP contribution in [0.3, 0.4) is 0 Å². The van der Waals surface area contributed by atoms with Crippen LogP contribution in [-0.2, 0) is 22.4 Å². The molecule has 0 fully saturated rings. The van der Waals surface area contributed by atoms with Gasteiger partial charge in [0.2, 0.25) is 0 Å². The number of amides is 2. The van der Waals surface area contributed by atoms with E-state index in [-0.39, 0.29) is 11.8 Å². The molecule has 0 aromatic carbocycles. The number of carbonyl (C=O) groups excluding carboxylic acids is 2. The third-order valence-electron chi connectivity index (χ3n) is 19.2. The molecule has 6 nitrogen and oxygen atoms in total. The number of aryl methyl sites for hydroxylation is 3. The molecule has 88 heavy (non-hydrogen) atoms. The number of carbonyl (C=O) groups is 2. The van der Waals surface area contributed by atoms with Gasteiger partial charge in [0.15, 0.2) is 0 Å². The van der Waals surface area contributed by atoms with Crippen molar-refractivity contribution in [2.45, 2.75) is 344 Å². The number of fused-ring (bicyclic) bond motifs is 1. The summed E-state index contributed by atoms with van der Waals surface area (Å²) in [6.07, 6.45) is 62.2. The molecule has 0 radical (unpaired) electrons. The van der Waals surface area contributed by atoms with E-state index in [1.807, 2.05) is 23.7 Å². The first-order valence-corrected chi connectivity index (χ1v) is 41.2. The number of hydrogen-bond acceptors (Lipinski definition) is 8. The number of unbranched alkanes of at least 4 members (excludes halogenated alkanes) is 34. The molecule has 4 aromatic rings. The molecular formula is C77H123BrN4O2S4. The molecule has 0 N–H and O–H groups in total. The fraction of sp³-hybridized carbons (Fsp3) is 0.740. The first-order valence-electron chi connectivity index (χ1n) is 37.1. The lowest BCUT2D eigenvalue weighted by Crippen LogP contribution is -2.34. The Balaban J connectivity index is 1.36. The van der Waals surface area contributed by atoms with Crippen LogP contribution in [0.4, 0.5) is 0 Å². The highest BCUT2D eigenvalue weighted by molar-refractivity contribution is 9.11. The van der Waals surface area contributed by atoms with Crippen molar-refractivity contribution in [2.75, 3.05) is 13.1 Å². The Hall–Kier alpha value is -2.44. The quantitative estimate of drug-likeness (QED) is 0.0413. The van der Waals surface area contributed by atoms with Gasteiger partial charge in [0.25, 0.3) is 11.8 Å². The minimum Gasteiger partial charge on any atom is -0.306 e. The van der Waals surface area contributed by atoms with E-state index in [9.17, 15) is 0 Å². The third-order valence-corrected chi connectivity index (χ3v) is 24.6. The number of nitrogens with zero attached hydrogens (tertiary/aromatic N) is 4. The van der Waals surface area contributed by atoms with Gasteiger partial charge in [0.05, 0.1) is 45.8 Å². The Labute approximate surface area is 563 Å². The molecule has 6 rings (SSSR count). The topological polar surface area (TPSA) is 66.4 Å². The van der Waals surface area contributed by atoms with Crippen LogP contribution in [0.25, 0.3) is 31.2 Å². The molecular weight excluding hydrogens is 1220 g/mol. The van der Waals surface area contributed by atoms with Crippen molar-refractivity contribution in [2.24, 2.45) is 11.8 Å². The highest BCUT2D eigenvalue weighted by Crippen LogP contribution is 2.51. The van der Waals surface area contributed by atoms with Crippen molar-refractivity contribution in [3.8, 4) is 19.8 Å². The number of rotatable bonds is 54. The Kier molecular flexibility index (Phi) is 37.5. The molecule has 0 saturated carbocycles. The lowest BCUT2D eigenvalue weighted by atomic mass is 9.93. The van der Waals surface area contributed by atoms with Gasteiger partial charge in [-0.1, -0.05) is 286 Å². The second-order valence-corrected chi connectivity index (χ2v) is 32.5. The van der Waals surface area contributed by atoms with Gasteiger partial charge in [-0.2, -0.15) is 0 Å². The van der Waals surface area contributed by atoms with Crippen molar-refractivity contribution in [1.29, 1.82) is 0 Å². The average molecular weight is 1350 g/mol. The maximum absolute atomic E-state index is 16.2. The molecule has 2 amide bonds. The number of thiazole rings is 2. The van der Waals surface area contributed by atoms with Crippen molar-refractivity contribution in [3.05, 3.63) is 65.2 Å². The van der Waals surface area contributed by atoms with Gasteiger partial charge < -0.3 is 9.80 Å². The third kappa shape index (κ3) is 24.8. The van der Waals surface area contributed by atoms with Gasteiger partial charge in [-0.15, -0.1) is 45.3 Å². The van der Waals surface area contributed by atoms with Crippen LogP contribution < -0.4 is 0 Å². The molecule has 2 atom stereocenters. The predicted molar refractivity (Wildman–Crippen MR) is 392 cm³/mol. The Bertz CT molecular complexity index is 2440. The fourth-order valence-corrected chi connectivity index (χ4v) is 18.6. The van der Waals surface area contributed by atoms with Crippen molar-refractivity contribution < 1.29 is 9.59 Å². The maximum Gasteiger partial charge on any atom is 0.261 e. The standard InChI is InChI=1S/C77H123BrN4O2S4/c1-8-14-20-26-30-32-34-36-40-46-52-63-54-65(85-60(63)7)74-79-56-67(87-74)71-69-70(77(84)81(71)58-61(48-42-24-18-12-5)50-44-38-28-22-16-10-3)72(82(76(69)83)59-62(49-43-25-19-13-6)51-45-39-29-23-17-11-4)68-57-80-75(88-68)66-55-64(73(78)86-66)53-47-41-37-35-33-31-27-21-15-9-2/h54-57,61-62H,8-53,58-59H2,1-7H3. The Morgan fingerprint density at radius 2 is 0.670 bits per heavy atom. The molecule has 494 valence electrons. The number of hydrogen-bond donors (Lipinski definition) is 0. The van der Waals surface area contributed by atoms with E-state index >= 15 is 9.59 Å². The second-order valence-electron chi connectivity index (χ2n) is 26.8. The van der Waals surface area contributed by atoms with Gasteiger partial charge in [-0.3, -0.25) is 9.59 Å². The van der Waals surface area contributed by atoms with Crippen molar-refractivity contribution in [1.82, 2.24) is 19.8 Å². The normalized spacial score (nSPS) is 14.3.